The molecule has 0 radical (unpaired) electrons. The van der Waals surface area contributed by atoms with Crippen molar-refractivity contribution in [2.24, 2.45) is 11.8 Å². The van der Waals surface area contributed by atoms with Gasteiger partial charge >= 0.3 is 0 Å². The molecule has 1 unspecified atom stereocenters. The van der Waals surface area contributed by atoms with E-state index in [1.54, 1.807) is 0 Å². The number of hydrogen-bond acceptors (Lipinski definition) is 2. The first-order valence-electron chi connectivity index (χ1n) is 5.34. The van der Waals surface area contributed by atoms with E-state index in [1.807, 2.05) is 19.9 Å². The van der Waals surface area contributed by atoms with Crippen molar-refractivity contribution >= 4 is 17.4 Å². The standard InChI is InChI=1S/C13H13ClFNO/c1-8(2)5-9(7-16)13(17)11-6-10(14)3-4-12(11)15/h3-4,6,8-9H,5H2,1-2H3. The number of carbonyl (C=O) groups is 1. The predicted octanol–water partition coefficient (Wildman–Crippen LogP) is 3.85. The Hall–Kier alpha value is -1.40. The zero-order valence-corrected chi connectivity index (χ0v) is 10.5. The smallest absolute Gasteiger partial charge is 0.182 e. The maximum atomic E-state index is 13.5. The molecule has 0 aliphatic carbocycles. The fraction of sp³-hybridized carbons (Fsp3) is 0.385. The van der Waals surface area contributed by atoms with Crippen molar-refractivity contribution in [3.63, 3.8) is 0 Å². The van der Waals surface area contributed by atoms with E-state index in [0.29, 0.717) is 6.42 Å². The van der Waals surface area contributed by atoms with Gasteiger partial charge in [0.1, 0.15) is 11.7 Å². The van der Waals surface area contributed by atoms with Gasteiger partial charge in [0.05, 0.1) is 11.6 Å². The third-order valence-corrected chi connectivity index (χ3v) is 2.61. The highest BCUT2D eigenvalue weighted by atomic mass is 35.5. The monoisotopic (exact) mass is 253 g/mol. The number of carbonyl (C=O) groups excluding carboxylic acids is 1. The minimum Gasteiger partial charge on any atom is -0.293 e. The highest BCUT2D eigenvalue weighted by molar-refractivity contribution is 6.31. The van der Waals surface area contributed by atoms with Crippen molar-refractivity contribution in [3.8, 4) is 6.07 Å². The highest BCUT2D eigenvalue weighted by Gasteiger charge is 2.23. The Bertz CT molecular complexity index is 465. The number of nitriles is 1. The molecule has 0 aliphatic heterocycles. The molecule has 0 spiro atoms. The molecule has 0 saturated carbocycles. The molecule has 0 amide bonds. The molecule has 1 aromatic carbocycles. The molecule has 4 heteroatoms. The van der Waals surface area contributed by atoms with Crippen molar-refractivity contribution in [2.45, 2.75) is 20.3 Å². The Kier molecular flexibility index (Phi) is 4.65. The molecule has 17 heavy (non-hydrogen) atoms. The lowest BCUT2D eigenvalue weighted by Gasteiger charge is -2.11. The summed E-state index contributed by atoms with van der Waals surface area (Å²) in [5.41, 5.74) is -0.107. The van der Waals surface area contributed by atoms with Crippen LogP contribution in [0.3, 0.4) is 0 Å². The fourth-order valence-electron chi connectivity index (χ4n) is 1.56. The molecule has 0 saturated heterocycles. The van der Waals surface area contributed by atoms with Crippen LogP contribution in [-0.2, 0) is 0 Å². The first-order valence-corrected chi connectivity index (χ1v) is 5.72. The zero-order valence-electron chi connectivity index (χ0n) is 9.71. The predicted molar refractivity (Wildman–Crippen MR) is 64.3 cm³/mol. The van der Waals surface area contributed by atoms with E-state index < -0.39 is 17.5 Å². The van der Waals surface area contributed by atoms with Crippen molar-refractivity contribution in [1.82, 2.24) is 0 Å². The molecule has 0 fully saturated rings. The van der Waals surface area contributed by atoms with E-state index in [0.717, 1.165) is 6.07 Å². The Morgan fingerprint density at radius 3 is 2.71 bits per heavy atom. The van der Waals surface area contributed by atoms with Crippen LogP contribution >= 0.6 is 11.6 Å². The molecule has 90 valence electrons. The van der Waals surface area contributed by atoms with Gasteiger partial charge in [-0.2, -0.15) is 5.26 Å². The van der Waals surface area contributed by atoms with Gasteiger partial charge in [0, 0.05) is 5.02 Å². The first-order chi connectivity index (χ1) is 7.95. The summed E-state index contributed by atoms with van der Waals surface area (Å²) in [4.78, 5) is 12.0. The topological polar surface area (TPSA) is 40.9 Å². The van der Waals surface area contributed by atoms with Crippen LogP contribution < -0.4 is 0 Å². The summed E-state index contributed by atoms with van der Waals surface area (Å²) in [5.74, 6) is -1.75. The Morgan fingerprint density at radius 2 is 2.18 bits per heavy atom. The van der Waals surface area contributed by atoms with Gasteiger partial charge in [-0.15, -0.1) is 0 Å². The van der Waals surface area contributed by atoms with E-state index in [1.165, 1.54) is 12.1 Å². The van der Waals surface area contributed by atoms with Crippen molar-refractivity contribution in [3.05, 3.63) is 34.6 Å². The third-order valence-electron chi connectivity index (χ3n) is 2.37. The maximum absolute atomic E-state index is 13.5. The number of Topliss-reactive ketones (excluding diaryl/α,β-unsaturated/α-hetero) is 1. The van der Waals surface area contributed by atoms with Gasteiger partial charge < -0.3 is 0 Å². The molecule has 1 rings (SSSR count). The van der Waals surface area contributed by atoms with Gasteiger partial charge in [-0.25, -0.2) is 4.39 Å². The van der Waals surface area contributed by atoms with Crippen molar-refractivity contribution in [2.75, 3.05) is 0 Å². The minimum absolute atomic E-state index is 0.107. The van der Waals surface area contributed by atoms with Crippen LogP contribution in [-0.4, -0.2) is 5.78 Å². The maximum Gasteiger partial charge on any atom is 0.182 e. The number of hydrogen-bond donors (Lipinski definition) is 0. The number of benzene rings is 1. The molecule has 0 aliphatic rings. The highest BCUT2D eigenvalue weighted by Crippen LogP contribution is 2.21. The van der Waals surface area contributed by atoms with Crippen LogP contribution in [0, 0.1) is 29.0 Å². The summed E-state index contributed by atoms with van der Waals surface area (Å²) in [5, 5.41) is 9.23. The molecular formula is C13H13ClFNO. The molecular weight excluding hydrogens is 241 g/mol. The summed E-state index contributed by atoms with van der Waals surface area (Å²) >= 11 is 5.71. The average molecular weight is 254 g/mol. The molecule has 0 N–H and O–H groups in total. The van der Waals surface area contributed by atoms with E-state index >= 15 is 0 Å². The summed E-state index contributed by atoms with van der Waals surface area (Å²) in [6.45, 7) is 3.82. The van der Waals surface area contributed by atoms with Crippen LogP contribution in [0.4, 0.5) is 4.39 Å². The number of nitrogens with zero attached hydrogens (tertiary/aromatic N) is 1. The quantitative estimate of drug-likeness (QED) is 0.765. The van der Waals surface area contributed by atoms with Crippen molar-refractivity contribution in [1.29, 1.82) is 5.26 Å². The van der Waals surface area contributed by atoms with Gasteiger partial charge in [0.25, 0.3) is 0 Å². The molecule has 0 bridgehead atoms. The Balaban J connectivity index is 3.02. The first kappa shape index (κ1) is 13.7. The van der Waals surface area contributed by atoms with Gasteiger partial charge in [0.15, 0.2) is 5.78 Å². The number of halogens is 2. The minimum atomic E-state index is -0.817. The van der Waals surface area contributed by atoms with Crippen LogP contribution in [0.1, 0.15) is 30.6 Å². The van der Waals surface area contributed by atoms with E-state index in [4.69, 9.17) is 16.9 Å². The van der Waals surface area contributed by atoms with Crippen LogP contribution in [0.15, 0.2) is 18.2 Å². The Labute approximate surface area is 105 Å². The average Bonchev–Trinajstić information content (AvgIpc) is 2.28. The SMILES string of the molecule is CC(C)CC(C#N)C(=O)c1cc(Cl)ccc1F. The lowest BCUT2D eigenvalue weighted by molar-refractivity contribution is 0.0933. The van der Waals surface area contributed by atoms with E-state index in [-0.39, 0.29) is 16.5 Å². The normalized spacial score (nSPS) is 12.2. The number of rotatable bonds is 4. The second-order valence-corrected chi connectivity index (χ2v) is 4.74. The Morgan fingerprint density at radius 1 is 1.53 bits per heavy atom. The summed E-state index contributed by atoms with van der Waals surface area (Å²) in [6.07, 6.45) is 0.418. The van der Waals surface area contributed by atoms with Gasteiger partial charge in [-0.3, -0.25) is 4.79 Å². The lowest BCUT2D eigenvalue weighted by atomic mass is 9.91. The second-order valence-electron chi connectivity index (χ2n) is 4.30. The third kappa shape index (κ3) is 3.54. The van der Waals surface area contributed by atoms with Crippen LogP contribution in [0.5, 0.6) is 0 Å². The molecule has 0 aromatic heterocycles. The summed E-state index contributed by atoms with van der Waals surface area (Å²) in [7, 11) is 0. The molecule has 0 heterocycles. The summed E-state index contributed by atoms with van der Waals surface area (Å²) < 4.78 is 13.5. The van der Waals surface area contributed by atoms with Gasteiger partial charge in [0.2, 0.25) is 0 Å². The zero-order chi connectivity index (χ0) is 13.0. The van der Waals surface area contributed by atoms with Crippen LogP contribution in [0.2, 0.25) is 5.02 Å². The van der Waals surface area contributed by atoms with E-state index in [9.17, 15) is 9.18 Å². The fourth-order valence-corrected chi connectivity index (χ4v) is 1.74. The lowest BCUT2D eigenvalue weighted by Crippen LogP contribution is -2.16. The van der Waals surface area contributed by atoms with E-state index in [2.05, 4.69) is 0 Å². The van der Waals surface area contributed by atoms with Gasteiger partial charge in [-0.05, 0) is 30.5 Å². The van der Waals surface area contributed by atoms with Gasteiger partial charge in [-0.1, -0.05) is 25.4 Å². The molecule has 1 aromatic rings. The second kappa shape index (κ2) is 5.79. The molecule has 1 atom stereocenters. The summed E-state index contributed by atoms with van der Waals surface area (Å²) in [6, 6.07) is 5.70. The van der Waals surface area contributed by atoms with Crippen LogP contribution in [0.25, 0.3) is 0 Å². The van der Waals surface area contributed by atoms with Crippen molar-refractivity contribution < 1.29 is 9.18 Å². The number of ketones is 1. The molecule has 2 nitrogen and oxygen atoms in total. The largest absolute Gasteiger partial charge is 0.293 e.